The number of carbonyl (C=O) groups is 2. The monoisotopic (exact) mass is 478 g/mol. The number of fused-ring (bicyclic) bond motifs is 2. The van der Waals surface area contributed by atoms with Crippen LogP contribution in [0.4, 0.5) is 0 Å². The number of amides is 2. The van der Waals surface area contributed by atoms with Crippen molar-refractivity contribution in [2.75, 3.05) is 25.4 Å². The van der Waals surface area contributed by atoms with Gasteiger partial charge in [0.15, 0.2) is 5.16 Å². The van der Waals surface area contributed by atoms with Crippen LogP contribution in [0.1, 0.15) is 42.9 Å². The molecule has 2 fully saturated rings. The van der Waals surface area contributed by atoms with Crippen LogP contribution in [0.25, 0.3) is 0 Å². The third kappa shape index (κ3) is 4.49. The van der Waals surface area contributed by atoms with Gasteiger partial charge in [0.2, 0.25) is 11.8 Å². The molecule has 2 amide bonds. The second-order valence-electron chi connectivity index (χ2n) is 9.25. The normalized spacial score (nSPS) is 22.9. The number of nitrogens with one attached hydrogen (secondary N) is 1. The molecule has 7 nitrogen and oxygen atoms in total. The van der Waals surface area contributed by atoms with Gasteiger partial charge in [0.25, 0.3) is 0 Å². The number of likely N-dealkylation sites (tertiary alicyclic amines) is 1. The van der Waals surface area contributed by atoms with Crippen LogP contribution in [0.5, 0.6) is 0 Å². The van der Waals surface area contributed by atoms with Gasteiger partial charge < -0.3 is 15.0 Å². The van der Waals surface area contributed by atoms with Crippen molar-refractivity contribution in [1.82, 2.24) is 20.2 Å². The fourth-order valence-corrected chi connectivity index (χ4v) is 6.05. The van der Waals surface area contributed by atoms with Crippen molar-refractivity contribution < 1.29 is 14.3 Å². The van der Waals surface area contributed by atoms with Gasteiger partial charge >= 0.3 is 0 Å². The van der Waals surface area contributed by atoms with Crippen molar-refractivity contribution in [2.24, 2.45) is 5.92 Å². The molecule has 1 spiro atoms. The van der Waals surface area contributed by atoms with E-state index in [1.54, 1.807) is 24.5 Å². The number of aromatic nitrogens is 2. The first kappa shape index (κ1) is 23.1. The van der Waals surface area contributed by atoms with Gasteiger partial charge in [0.05, 0.1) is 24.5 Å². The minimum Gasteiger partial charge on any atom is -0.371 e. The summed E-state index contributed by atoms with van der Waals surface area (Å²) >= 11 is 1.37. The number of nitrogens with zero attached hydrogens (tertiary/aromatic N) is 3. The summed E-state index contributed by atoms with van der Waals surface area (Å²) in [5.74, 6) is 0.677. The first-order valence-corrected chi connectivity index (χ1v) is 12.9. The van der Waals surface area contributed by atoms with Gasteiger partial charge in [-0.15, -0.1) is 6.58 Å². The number of hydrogen-bond acceptors (Lipinski definition) is 6. The minimum atomic E-state index is -0.242. The average molecular weight is 479 g/mol. The predicted molar refractivity (Wildman–Crippen MR) is 130 cm³/mol. The average Bonchev–Trinajstić information content (AvgIpc) is 3.70. The lowest BCUT2D eigenvalue weighted by Gasteiger charge is -2.44. The number of hydrogen-bond donors (Lipinski definition) is 1. The molecule has 1 N–H and O–H groups in total. The Morgan fingerprint density at radius 1 is 1.18 bits per heavy atom. The topological polar surface area (TPSA) is 84.4 Å². The van der Waals surface area contributed by atoms with Gasteiger partial charge in [-0.2, -0.15) is 0 Å². The van der Waals surface area contributed by atoms with Gasteiger partial charge in [-0.05, 0) is 42.9 Å². The van der Waals surface area contributed by atoms with E-state index in [1.807, 2.05) is 11.0 Å². The van der Waals surface area contributed by atoms with Crippen LogP contribution in [-0.4, -0.2) is 58.2 Å². The summed E-state index contributed by atoms with van der Waals surface area (Å²) in [7, 11) is 0. The lowest BCUT2D eigenvalue weighted by atomic mass is 9.72. The maximum absolute atomic E-state index is 12.9. The molecule has 34 heavy (non-hydrogen) atoms. The van der Waals surface area contributed by atoms with Crippen molar-refractivity contribution in [2.45, 2.75) is 48.4 Å². The molecule has 0 unspecified atom stereocenters. The highest BCUT2D eigenvalue weighted by Gasteiger charge is 2.55. The number of benzene rings is 1. The molecule has 2 heterocycles. The third-order valence-electron chi connectivity index (χ3n) is 7.19. The zero-order valence-corrected chi connectivity index (χ0v) is 20.0. The molecule has 1 saturated heterocycles. The standard InChI is InChI=1S/C26H30N4O3S/c1-2-16-33-23-22(29-24(32)18-8-9-18)19-6-3-4-7-20(19)26(23)10-14-30(15-11-26)21(31)17-34-25-27-12-5-13-28-25/h2-7,12-13,18,22-23H,1,8-11,14-17H2,(H,29,32)/t22-,23+/m1/s1. The minimum absolute atomic E-state index is 0.0979. The van der Waals surface area contributed by atoms with Gasteiger partial charge in [0.1, 0.15) is 0 Å². The maximum Gasteiger partial charge on any atom is 0.233 e. The van der Waals surface area contributed by atoms with Crippen molar-refractivity contribution in [3.8, 4) is 0 Å². The Labute approximate surface area is 204 Å². The molecule has 2 aliphatic carbocycles. The number of ether oxygens (including phenoxy) is 1. The molecule has 8 heteroatoms. The summed E-state index contributed by atoms with van der Waals surface area (Å²) in [4.78, 5) is 36.0. The molecule has 1 aliphatic heterocycles. The first-order valence-electron chi connectivity index (χ1n) is 11.9. The highest BCUT2D eigenvalue weighted by molar-refractivity contribution is 7.99. The van der Waals surface area contributed by atoms with Gasteiger partial charge in [-0.25, -0.2) is 9.97 Å². The van der Waals surface area contributed by atoms with Crippen molar-refractivity contribution in [1.29, 1.82) is 0 Å². The van der Waals surface area contributed by atoms with Crippen molar-refractivity contribution in [3.63, 3.8) is 0 Å². The van der Waals surface area contributed by atoms with E-state index >= 15 is 0 Å². The molecule has 178 valence electrons. The van der Waals surface area contributed by atoms with Crippen LogP contribution >= 0.6 is 11.8 Å². The fraction of sp³-hybridized carbons (Fsp3) is 0.462. The van der Waals surface area contributed by atoms with E-state index < -0.39 is 0 Å². The summed E-state index contributed by atoms with van der Waals surface area (Å²) in [6, 6.07) is 9.95. The third-order valence-corrected chi connectivity index (χ3v) is 8.05. The SMILES string of the molecule is C=CCO[C@H]1[C@H](NC(=O)C2CC2)c2ccccc2C12CCN(C(=O)CSc1ncccn1)CC2. The molecular formula is C26H30N4O3S. The summed E-state index contributed by atoms with van der Waals surface area (Å²) in [6.45, 7) is 5.56. The van der Waals surface area contributed by atoms with Crippen molar-refractivity contribution in [3.05, 3.63) is 66.5 Å². The largest absolute Gasteiger partial charge is 0.371 e. The van der Waals surface area contributed by atoms with E-state index in [-0.39, 0.29) is 35.3 Å². The molecule has 1 aromatic heterocycles. The van der Waals surface area contributed by atoms with Crippen LogP contribution in [0.3, 0.4) is 0 Å². The molecule has 5 rings (SSSR count). The van der Waals surface area contributed by atoms with E-state index in [1.165, 1.54) is 17.3 Å². The maximum atomic E-state index is 12.9. The number of piperidine rings is 1. The van der Waals surface area contributed by atoms with E-state index in [0.717, 1.165) is 31.2 Å². The van der Waals surface area contributed by atoms with Crippen LogP contribution in [0.15, 0.2) is 60.5 Å². The van der Waals surface area contributed by atoms with Crippen LogP contribution in [0, 0.1) is 5.92 Å². The Morgan fingerprint density at radius 3 is 2.62 bits per heavy atom. The molecule has 3 aliphatic rings. The van der Waals surface area contributed by atoms with Gasteiger partial charge in [0, 0.05) is 36.8 Å². The van der Waals surface area contributed by atoms with Crippen molar-refractivity contribution >= 4 is 23.6 Å². The summed E-state index contributed by atoms with van der Waals surface area (Å²) < 4.78 is 6.39. The molecule has 2 atom stereocenters. The zero-order valence-electron chi connectivity index (χ0n) is 19.2. The zero-order chi connectivity index (χ0) is 23.5. The lowest BCUT2D eigenvalue weighted by Crippen LogP contribution is -2.52. The molecule has 2 aromatic rings. The molecule has 1 aromatic carbocycles. The summed E-state index contributed by atoms with van der Waals surface area (Å²) in [6.07, 6.45) is 8.46. The van der Waals surface area contributed by atoms with Crippen LogP contribution in [-0.2, 0) is 19.7 Å². The Kier molecular flexibility index (Phi) is 6.70. The first-order chi connectivity index (χ1) is 16.6. The molecule has 0 bridgehead atoms. The molecule has 0 radical (unpaired) electrons. The fourth-order valence-electron chi connectivity index (χ4n) is 5.34. The highest BCUT2D eigenvalue weighted by atomic mass is 32.2. The molecule has 1 saturated carbocycles. The van der Waals surface area contributed by atoms with E-state index in [4.69, 9.17) is 4.74 Å². The van der Waals surface area contributed by atoms with E-state index in [0.29, 0.717) is 30.6 Å². The lowest BCUT2D eigenvalue weighted by molar-refractivity contribution is -0.131. The Bertz CT molecular complexity index is 1050. The summed E-state index contributed by atoms with van der Waals surface area (Å²) in [5.41, 5.74) is 2.14. The number of carbonyl (C=O) groups excluding carboxylic acids is 2. The molecular weight excluding hydrogens is 448 g/mol. The highest BCUT2D eigenvalue weighted by Crippen LogP contribution is 2.52. The number of rotatable bonds is 8. The van der Waals surface area contributed by atoms with E-state index in [2.05, 4.69) is 40.1 Å². The quantitative estimate of drug-likeness (QED) is 0.356. The smallest absolute Gasteiger partial charge is 0.233 e. The van der Waals surface area contributed by atoms with Crippen LogP contribution in [0.2, 0.25) is 0 Å². The second-order valence-corrected chi connectivity index (χ2v) is 10.2. The predicted octanol–water partition coefficient (Wildman–Crippen LogP) is 3.28. The second kappa shape index (κ2) is 9.88. The van der Waals surface area contributed by atoms with Gasteiger partial charge in [-0.1, -0.05) is 42.1 Å². The Balaban J connectivity index is 1.33. The van der Waals surface area contributed by atoms with Crippen LogP contribution < -0.4 is 5.32 Å². The van der Waals surface area contributed by atoms with Gasteiger partial charge in [-0.3, -0.25) is 9.59 Å². The number of thioether (sulfide) groups is 1. The summed E-state index contributed by atoms with van der Waals surface area (Å²) in [5, 5.41) is 3.92. The Hall–Kier alpha value is -2.71. The Morgan fingerprint density at radius 2 is 1.91 bits per heavy atom. The van der Waals surface area contributed by atoms with E-state index in [9.17, 15) is 9.59 Å².